The zero-order valence-corrected chi connectivity index (χ0v) is 17.6. The topological polar surface area (TPSA) is 89.5 Å². The molecule has 0 saturated carbocycles. The summed E-state index contributed by atoms with van der Waals surface area (Å²) in [6.45, 7) is 2.79. The van der Waals surface area contributed by atoms with Crippen LogP contribution >= 0.6 is 0 Å². The van der Waals surface area contributed by atoms with E-state index in [-0.39, 0.29) is 12.1 Å². The van der Waals surface area contributed by atoms with E-state index in [0.29, 0.717) is 5.56 Å². The number of nitro groups is 1. The molecule has 0 aliphatic carbocycles. The fourth-order valence-corrected chi connectivity index (χ4v) is 3.74. The third-order valence-electron chi connectivity index (χ3n) is 5.19. The van der Waals surface area contributed by atoms with Gasteiger partial charge < -0.3 is 4.57 Å². The Bertz CT molecular complexity index is 1320. The number of nitrogens with zero attached hydrogens (tertiary/aromatic N) is 3. The molecule has 1 aromatic heterocycles. The molecule has 160 valence electrons. The molecule has 1 heterocycles. The molecule has 7 nitrogen and oxygen atoms in total. The summed E-state index contributed by atoms with van der Waals surface area (Å²) in [5.41, 5.74) is 7.10. The van der Waals surface area contributed by atoms with Gasteiger partial charge in [-0.1, -0.05) is 66.2 Å². The Morgan fingerprint density at radius 3 is 2.69 bits per heavy atom. The lowest BCUT2D eigenvalue weighted by Gasteiger charge is -2.06. The van der Waals surface area contributed by atoms with Gasteiger partial charge in [0.25, 0.3) is 5.69 Å². The standard InChI is InChI=1S/C25H22N4O3/c1-18-7-6-8-19(13-18)16-28-17-21(22-10-3-5-12-24(22)28)15-26-27-25(30)14-20-9-2-4-11-23(20)29(31)32/h2-13,15,17H,14,16H2,1H3,(H,27,30)/b26-15+. The molecular weight excluding hydrogens is 404 g/mol. The zero-order chi connectivity index (χ0) is 22.5. The van der Waals surface area contributed by atoms with Crippen LogP contribution in [-0.2, 0) is 17.8 Å². The van der Waals surface area contributed by atoms with Gasteiger partial charge in [0.15, 0.2) is 0 Å². The number of aromatic nitrogens is 1. The number of nitrogens with one attached hydrogen (secondary N) is 1. The predicted molar refractivity (Wildman–Crippen MR) is 125 cm³/mol. The molecule has 1 amide bonds. The maximum atomic E-state index is 12.3. The Balaban J connectivity index is 1.51. The first kappa shape index (κ1) is 21.0. The van der Waals surface area contributed by atoms with Crippen molar-refractivity contribution in [2.45, 2.75) is 19.9 Å². The molecule has 32 heavy (non-hydrogen) atoms. The van der Waals surface area contributed by atoms with Crippen LogP contribution in [0.25, 0.3) is 10.9 Å². The maximum Gasteiger partial charge on any atom is 0.273 e. The molecule has 0 saturated heterocycles. The molecule has 0 radical (unpaired) electrons. The van der Waals surface area contributed by atoms with Gasteiger partial charge in [0, 0.05) is 40.8 Å². The van der Waals surface area contributed by atoms with Crippen LogP contribution in [0, 0.1) is 17.0 Å². The van der Waals surface area contributed by atoms with Gasteiger partial charge in [-0.05, 0) is 18.6 Å². The number of nitro benzene ring substituents is 1. The van der Waals surface area contributed by atoms with Crippen molar-refractivity contribution in [3.05, 3.63) is 111 Å². The molecule has 4 aromatic rings. The molecule has 0 fully saturated rings. The van der Waals surface area contributed by atoms with E-state index in [2.05, 4.69) is 46.3 Å². The number of rotatable bonds is 7. The number of fused-ring (bicyclic) bond motifs is 1. The lowest BCUT2D eigenvalue weighted by molar-refractivity contribution is -0.385. The van der Waals surface area contributed by atoms with Crippen molar-refractivity contribution in [2.75, 3.05) is 0 Å². The van der Waals surface area contributed by atoms with Gasteiger partial charge >= 0.3 is 0 Å². The molecule has 0 unspecified atom stereocenters. The number of carbonyl (C=O) groups is 1. The van der Waals surface area contributed by atoms with Crippen LogP contribution in [0.15, 0.2) is 84.1 Å². The number of hydrogen-bond donors (Lipinski definition) is 1. The summed E-state index contributed by atoms with van der Waals surface area (Å²) in [4.78, 5) is 22.9. The number of aryl methyl sites for hydroxylation is 1. The van der Waals surface area contributed by atoms with E-state index in [9.17, 15) is 14.9 Å². The van der Waals surface area contributed by atoms with E-state index >= 15 is 0 Å². The van der Waals surface area contributed by atoms with Crippen molar-refractivity contribution in [2.24, 2.45) is 5.10 Å². The van der Waals surface area contributed by atoms with Gasteiger partial charge in [-0.3, -0.25) is 14.9 Å². The van der Waals surface area contributed by atoms with Gasteiger partial charge in [0.05, 0.1) is 17.6 Å². The number of hydrogen-bond acceptors (Lipinski definition) is 4. The number of benzene rings is 3. The van der Waals surface area contributed by atoms with Gasteiger partial charge in [-0.25, -0.2) is 5.43 Å². The molecule has 0 aliphatic heterocycles. The maximum absolute atomic E-state index is 12.3. The minimum absolute atomic E-state index is 0.0779. The second-order valence-corrected chi connectivity index (χ2v) is 7.57. The van der Waals surface area contributed by atoms with Crippen molar-refractivity contribution in [3.8, 4) is 0 Å². The highest BCUT2D eigenvalue weighted by atomic mass is 16.6. The van der Waals surface area contributed by atoms with E-state index in [1.807, 2.05) is 30.5 Å². The summed E-state index contributed by atoms with van der Waals surface area (Å²) < 4.78 is 2.15. The smallest absolute Gasteiger partial charge is 0.273 e. The van der Waals surface area contributed by atoms with Crippen molar-refractivity contribution in [1.29, 1.82) is 0 Å². The lowest BCUT2D eigenvalue weighted by atomic mass is 10.1. The van der Waals surface area contributed by atoms with Crippen molar-refractivity contribution < 1.29 is 9.72 Å². The van der Waals surface area contributed by atoms with Crippen molar-refractivity contribution in [1.82, 2.24) is 9.99 Å². The van der Waals surface area contributed by atoms with Gasteiger partial charge in [-0.2, -0.15) is 5.10 Å². The number of carbonyl (C=O) groups excluding carboxylic acids is 1. The first-order valence-electron chi connectivity index (χ1n) is 10.2. The van der Waals surface area contributed by atoms with Crippen LogP contribution in [-0.4, -0.2) is 21.6 Å². The summed E-state index contributed by atoms with van der Waals surface area (Å²) >= 11 is 0. The van der Waals surface area contributed by atoms with Crippen LogP contribution in [0.1, 0.15) is 22.3 Å². The minimum atomic E-state index is -0.491. The van der Waals surface area contributed by atoms with Crippen LogP contribution in [0.2, 0.25) is 0 Å². The zero-order valence-electron chi connectivity index (χ0n) is 17.6. The van der Waals surface area contributed by atoms with Crippen LogP contribution in [0.4, 0.5) is 5.69 Å². The highest BCUT2D eigenvalue weighted by molar-refractivity contribution is 5.99. The Kier molecular flexibility index (Phi) is 6.07. The third kappa shape index (κ3) is 4.73. The molecule has 4 rings (SSSR count). The summed E-state index contributed by atoms with van der Waals surface area (Å²) in [7, 11) is 0. The first-order chi connectivity index (χ1) is 15.5. The molecule has 0 bridgehead atoms. The molecule has 0 spiro atoms. The van der Waals surface area contributed by atoms with Gasteiger partial charge in [-0.15, -0.1) is 0 Å². The van der Waals surface area contributed by atoms with Crippen molar-refractivity contribution >= 4 is 28.7 Å². The largest absolute Gasteiger partial charge is 0.342 e. The van der Waals surface area contributed by atoms with Gasteiger partial charge in [0.1, 0.15) is 0 Å². The molecule has 1 N–H and O–H groups in total. The summed E-state index contributed by atoms with van der Waals surface area (Å²) in [6.07, 6.45) is 3.49. The second kappa shape index (κ2) is 9.26. The van der Waals surface area contributed by atoms with E-state index in [1.165, 1.54) is 17.2 Å². The molecule has 0 aliphatic rings. The predicted octanol–water partition coefficient (Wildman–Crippen LogP) is 4.60. The number of hydrazone groups is 1. The Labute approximate surface area is 185 Å². The first-order valence-corrected chi connectivity index (χ1v) is 10.2. The summed E-state index contributed by atoms with van der Waals surface area (Å²) in [6, 6.07) is 22.6. The highest BCUT2D eigenvalue weighted by Gasteiger charge is 2.15. The second-order valence-electron chi connectivity index (χ2n) is 7.57. The average Bonchev–Trinajstić information content (AvgIpc) is 3.11. The normalized spacial score (nSPS) is 11.2. The fourth-order valence-electron chi connectivity index (χ4n) is 3.74. The van der Waals surface area contributed by atoms with Gasteiger partial charge in [0.2, 0.25) is 5.91 Å². The number of amides is 1. The Morgan fingerprint density at radius 1 is 1.09 bits per heavy atom. The quantitative estimate of drug-likeness (QED) is 0.266. The van der Waals surface area contributed by atoms with E-state index in [4.69, 9.17) is 0 Å². The monoisotopic (exact) mass is 426 g/mol. The Morgan fingerprint density at radius 2 is 1.88 bits per heavy atom. The van der Waals surface area contributed by atoms with Crippen molar-refractivity contribution in [3.63, 3.8) is 0 Å². The van der Waals surface area contributed by atoms with E-state index in [0.717, 1.165) is 23.0 Å². The average molecular weight is 426 g/mol. The Hall–Kier alpha value is -4.26. The lowest BCUT2D eigenvalue weighted by Crippen LogP contribution is -2.20. The van der Waals surface area contributed by atoms with E-state index in [1.54, 1.807) is 24.4 Å². The third-order valence-corrected chi connectivity index (χ3v) is 5.19. The SMILES string of the molecule is Cc1cccc(Cn2cc(/C=N/NC(=O)Cc3ccccc3[N+](=O)[O-])c3ccccc32)c1. The molecule has 3 aromatic carbocycles. The van der Waals surface area contributed by atoms with E-state index < -0.39 is 10.8 Å². The van der Waals surface area contributed by atoms with Crippen LogP contribution in [0.5, 0.6) is 0 Å². The minimum Gasteiger partial charge on any atom is -0.342 e. The highest BCUT2D eigenvalue weighted by Crippen LogP contribution is 2.22. The summed E-state index contributed by atoms with van der Waals surface area (Å²) in [5, 5.41) is 16.2. The number of para-hydroxylation sites is 2. The van der Waals surface area contributed by atoms with Crippen LogP contribution < -0.4 is 5.43 Å². The molecular formula is C25H22N4O3. The molecule has 0 atom stereocenters. The fraction of sp³-hybridized carbons (Fsp3) is 0.120. The molecule has 7 heteroatoms. The van der Waals surface area contributed by atoms with Crippen LogP contribution in [0.3, 0.4) is 0 Å². The summed E-state index contributed by atoms with van der Waals surface area (Å²) in [5.74, 6) is -0.418.